The van der Waals surface area contributed by atoms with Crippen molar-refractivity contribution in [2.45, 2.75) is 23.8 Å². The average Bonchev–Trinajstić information content (AvgIpc) is 3.47. The van der Waals surface area contributed by atoms with Crippen molar-refractivity contribution in [3.63, 3.8) is 0 Å². The van der Waals surface area contributed by atoms with Crippen LogP contribution in [-0.4, -0.2) is 21.4 Å². The highest BCUT2D eigenvalue weighted by Gasteiger charge is 2.61. The van der Waals surface area contributed by atoms with E-state index in [0.717, 1.165) is 16.8 Å². The Hall–Kier alpha value is -3.32. The molecule has 0 saturated carbocycles. The molecule has 2 aliphatic rings. The number of rotatable bonds is 3. The highest BCUT2D eigenvalue weighted by molar-refractivity contribution is 6.31. The van der Waals surface area contributed by atoms with Crippen LogP contribution in [-0.2, 0) is 15.0 Å². The standard InChI is InChI=1S/C27H19Cl3N4O2/c28-16-3-1-2-15(10-16)21-13-24(35)33-25(19-11-17(29)5-7-23(19)34-9-8-31-14-34)27(21)20-6-4-18(30)12-22(20)32-26(27)36/h1-12,14,21,25H,13H2,(H,32,36)(H,33,35)/t21-,25+,27?/m0/s1. The molecule has 1 aromatic heterocycles. The van der Waals surface area contributed by atoms with Crippen molar-refractivity contribution in [1.29, 1.82) is 0 Å². The second-order valence-corrected chi connectivity index (χ2v) is 10.3. The number of benzene rings is 3. The number of carbonyl (C=O) groups excluding carboxylic acids is 2. The minimum atomic E-state index is -1.20. The molecule has 1 saturated heterocycles. The first-order valence-corrected chi connectivity index (χ1v) is 12.5. The summed E-state index contributed by atoms with van der Waals surface area (Å²) >= 11 is 19.2. The zero-order chi connectivity index (χ0) is 25.0. The first-order chi connectivity index (χ1) is 17.4. The Morgan fingerprint density at radius 3 is 2.50 bits per heavy atom. The summed E-state index contributed by atoms with van der Waals surface area (Å²) < 4.78 is 1.84. The quantitative estimate of drug-likeness (QED) is 0.333. The van der Waals surface area contributed by atoms with Gasteiger partial charge in [-0.25, -0.2) is 4.98 Å². The number of nitrogens with one attached hydrogen (secondary N) is 2. The second kappa shape index (κ2) is 8.66. The van der Waals surface area contributed by atoms with Crippen molar-refractivity contribution in [3.05, 3.63) is 111 Å². The Morgan fingerprint density at radius 2 is 1.72 bits per heavy atom. The summed E-state index contributed by atoms with van der Waals surface area (Å²) in [7, 11) is 0. The summed E-state index contributed by atoms with van der Waals surface area (Å²) in [6, 6.07) is 17.4. The summed E-state index contributed by atoms with van der Waals surface area (Å²) in [5, 5.41) is 7.69. The van der Waals surface area contributed by atoms with Gasteiger partial charge in [-0.1, -0.05) is 53.0 Å². The Labute approximate surface area is 222 Å². The van der Waals surface area contributed by atoms with E-state index < -0.39 is 17.4 Å². The summed E-state index contributed by atoms with van der Waals surface area (Å²) in [5.41, 5.74) is 2.42. The van der Waals surface area contributed by atoms with Gasteiger partial charge in [-0.15, -0.1) is 0 Å². The number of piperidine rings is 1. The van der Waals surface area contributed by atoms with E-state index in [1.54, 1.807) is 49.1 Å². The van der Waals surface area contributed by atoms with Gasteiger partial charge in [0.15, 0.2) is 0 Å². The molecule has 0 aliphatic carbocycles. The van der Waals surface area contributed by atoms with Crippen LogP contribution >= 0.6 is 34.8 Å². The molecule has 3 atom stereocenters. The highest BCUT2D eigenvalue weighted by Crippen LogP contribution is 2.58. The van der Waals surface area contributed by atoms with E-state index >= 15 is 0 Å². The maximum absolute atomic E-state index is 14.2. The maximum atomic E-state index is 14.2. The fourth-order valence-corrected chi connectivity index (χ4v) is 6.21. The lowest BCUT2D eigenvalue weighted by Crippen LogP contribution is -2.57. The predicted molar refractivity (Wildman–Crippen MR) is 140 cm³/mol. The number of halogens is 3. The van der Waals surface area contributed by atoms with E-state index in [0.29, 0.717) is 26.3 Å². The Morgan fingerprint density at radius 1 is 0.944 bits per heavy atom. The molecule has 1 spiro atoms. The number of nitrogens with zero attached hydrogens (tertiary/aromatic N) is 2. The third-order valence-electron chi connectivity index (χ3n) is 7.09. The number of fused-ring (bicyclic) bond motifs is 2. The summed E-state index contributed by atoms with van der Waals surface area (Å²) in [6.45, 7) is 0. The molecule has 0 radical (unpaired) electrons. The fraction of sp³-hybridized carbons (Fsp3) is 0.148. The number of imidazole rings is 1. The predicted octanol–water partition coefficient (Wildman–Crippen LogP) is 6.07. The van der Waals surface area contributed by atoms with Crippen LogP contribution in [0.25, 0.3) is 5.69 Å². The fourth-order valence-electron chi connectivity index (χ4n) is 5.66. The van der Waals surface area contributed by atoms with Gasteiger partial charge in [-0.3, -0.25) is 9.59 Å². The third kappa shape index (κ3) is 3.52. The lowest BCUT2D eigenvalue weighted by atomic mass is 9.59. The molecule has 9 heteroatoms. The van der Waals surface area contributed by atoms with Crippen LogP contribution in [0.5, 0.6) is 0 Å². The topological polar surface area (TPSA) is 76.0 Å². The van der Waals surface area contributed by atoms with Gasteiger partial charge in [0.05, 0.1) is 18.1 Å². The van der Waals surface area contributed by atoms with E-state index in [4.69, 9.17) is 34.8 Å². The van der Waals surface area contributed by atoms with Crippen LogP contribution in [0, 0.1) is 0 Å². The van der Waals surface area contributed by atoms with Crippen LogP contribution in [0.4, 0.5) is 5.69 Å². The molecular formula is C27H19Cl3N4O2. The van der Waals surface area contributed by atoms with Gasteiger partial charge in [0, 0.05) is 51.1 Å². The van der Waals surface area contributed by atoms with Crippen molar-refractivity contribution >= 4 is 52.3 Å². The molecule has 180 valence electrons. The van der Waals surface area contributed by atoms with Gasteiger partial charge in [0.25, 0.3) is 0 Å². The zero-order valence-corrected chi connectivity index (χ0v) is 21.0. The SMILES string of the molecule is O=C1C[C@@H](c2cccc(Cl)c2)C2(C(=O)Nc3cc(Cl)ccc32)[C@@H](c2cc(Cl)ccc2-n2ccnc2)N1. The van der Waals surface area contributed by atoms with Gasteiger partial charge in [-0.05, 0) is 53.6 Å². The average molecular weight is 538 g/mol. The molecule has 36 heavy (non-hydrogen) atoms. The van der Waals surface area contributed by atoms with Crippen molar-refractivity contribution in [2.24, 2.45) is 0 Å². The Balaban J connectivity index is 1.67. The second-order valence-electron chi connectivity index (χ2n) is 9.00. The molecule has 3 heterocycles. The lowest BCUT2D eigenvalue weighted by molar-refractivity contribution is -0.131. The van der Waals surface area contributed by atoms with Gasteiger partial charge in [0.1, 0.15) is 5.41 Å². The van der Waals surface area contributed by atoms with E-state index in [9.17, 15) is 9.59 Å². The molecule has 2 aliphatic heterocycles. The number of hydrogen-bond donors (Lipinski definition) is 2. The van der Waals surface area contributed by atoms with Gasteiger partial charge < -0.3 is 15.2 Å². The number of aromatic nitrogens is 2. The van der Waals surface area contributed by atoms with Crippen LogP contribution < -0.4 is 10.6 Å². The van der Waals surface area contributed by atoms with Crippen LogP contribution in [0.15, 0.2) is 79.4 Å². The van der Waals surface area contributed by atoms with Crippen molar-refractivity contribution < 1.29 is 9.59 Å². The zero-order valence-electron chi connectivity index (χ0n) is 18.7. The van der Waals surface area contributed by atoms with Crippen LogP contribution in [0.2, 0.25) is 15.1 Å². The Kier molecular flexibility index (Phi) is 5.56. The number of anilines is 1. The Bertz CT molecular complexity index is 1520. The van der Waals surface area contributed by atoms with E-state index in [1.165, 1.54) is 0 Å². The van der Waals surface area contributed by atoms with Gasteiger partial charge in [0.2, 0.25) is 11.8 Å². The van der Waals surface area contributed by atoms with Crippen molar-refractivity contribution in [3.8, 4) is 5.69 Å². The third-order valence-corrected chi connectivity index (χ3v) is 7.79. The lowest BCUT2D eigenvalue weighted by Gasteiger charge is -2.46. The normalized spacial score (nSPS) is 22.9. The minimum Gasteiger partial charge on any atom is -0.348 e. The minimum absolute atomic E-state index is 0.104. The molecule has 2 N–H and O–H groups in total. The molecule has 2 amide bonds. The first kappa shape index (κ1) is 23.1. The molecule has 1 unspecified atom stereocenters. The maximum Gasteiger partial charge on any atom is 0.238 e. The first-order valence-electron chi connectivity index (χ1n) is 11.3. The van der Waals surface area contributed by atoms with Crippen LogP contribution in [0.1, 0.15) is 35.1 Å². The smallest absolute Gasteiger partial charge is 0.238 e. The molecular weight excluding hydrogens is 519 g/mol. The number of carbonyl (C=O) groups is 2. The highest BCUT2D eigenvalue weighted by atomic mass is 35.5. The number of amides is 2. The molecule has 6 rings (SSSR count). The largest absolute Gasteiger partial charge is 0.348 e. The van der Waals surface area contributed by atoms with Gasteiger partial charge >= 0.3 is 0 Å². The van der Waals surface area contributed by atoms with E-state index in [2.05, 4.69) is 15.6 Å². The number of hydrogen-bond acceptors (Lipinski definition) is 3. The van der Waals surface area contributed by atoms with Crippen molar-refractivity contribution in [2.75, 3.05) is 5.32 Å². The molecule has 0 bridgehead atoms. The van der Waals surface area contributed by atoms with E-state index in [1.807, 2.05) is 34.9 Å². The summed E-state index contributed by atoms with van der Waals surface area (Å²) in [5.74, 6) is -0.916. The molecule has 4 aromatic rings. The molecule has 1 fully saturated rings. The monoisotopic (exact) mass is 536 g/mol. The van der Waals surface area contributed by atoms with Crippen LogP contribution in [0.3, 0.4) is 0 Å². The van der Waals surface area contributed by atoms with Gasteiger partial charge in [-0.2, -0.15) is 0 Å². The summed E-state index contributed by atoms with van der Waals surface area (Å²) in [6.07, 6.45) is 5.25. The summed E-state index contributed by atoms with van der Waals surface area (Å²) in [4.78, 5) is 31.6. The molecule has 6 nitrogen and oxygen atoms in total. The molecule has 3 aromatic carbocycles. The van der Waals surface area contributed by atoms with E-state index in [-0.39, 0.29) is 18.2 Å². The van der Waals surface area contributed by atoms with Crippen molar-refractivity contribution in [1.82, 2.24) is 14.9 Å².